The van der Waals surface area contributed by atoms with Gasteiger partial charge in [0.05, 0.1) is 13.2 Å². The number of ether oxygens (including phenoxy) is 2. The van der Waals surface area contributed by atoms with Crippen LogP contribution in [-0.2, 0) is 4.74 Å². The lowest BCUT2D eigenvalue weighted by Gasteiger charge is -2.08. The minimum absolute atomic E-state index is 0.0231. The Balaban J connectivity index is 1.73. The Morgan fingerprint density at radius 1 is 1.04 bits per heavy atom. The molecule has 1 fully saturated rings. The summed E-state index contributed by atoms with van der Waals surface area (Å²) in [7, 11) is 0. The van der Waals surface area contributed by atoms with Gasteiger partial charge in [0.25, 0.3) is 0 Å². The highest BCUT2D eigenvalue weighted by molar-refractivity contribution is 6.05. The summed E-state index contributed by atoms with van der Waals surface area (Å²) in [5.74, 6) is -0.813. The van der Waals surface area contributed by atoms with E-state index in [0.717, 1.165) is 25.7 Å². The van der Waals surface area contributed by atoms with E-state index in [1.807, 2.05) is 0 Å². The van der Waals surface area contributed by atoms with E-state index in [2.05, 4.69) is 6.92 Å². The fraction of sp³-hybridized carbons (Fsp3) is 0.429. The number of hydrogen-bond acceptors (Lipinski definition) is 3. The molecule has 5 heteroatoms. The first kappa shape index (κ1) is 17.3. The number of rotatable bonds is 6. The van der Waals surface area contributed by atoms with Gasteiger partial charge < -0.3 is 13.9 Å². The average molecular weight is 360 g/mol. The van der Waals surface area contributed by atoms with E-state index in [1.165, 1.54) is 0 Å². The summed E-state index contributed by atoms with van der Waals surface area (Å²) in [6.07, 6.45) is 3.76. The molecule has 1 aliphatic rings. The Morgan fingerprint density at radius 2 is 1.81 bits per heavy atom. The molecule has 3 aromatic rings. The molecule has 3 nitrogen and oxygen atoms in total. The molecule has 0 saturated carbocycles. The lowest BCUT2D eigenvalue weighted by atomic mass is 9.96. The summed E-state index contributed by atoms with van der Waals surface area (Å²) in [5, 5.41) is 1.14. The number of unbranched alkanes of at least 4 members (excludes halogenated alkanes) is 2. The third kappa shape index (κ3) is 2.94. The maximum Gasteiger partial charge on any atom is 0.208 e. The van der Waals surface area contributed by atoms with Crippen LogP contribution in [0, 0.1) is 11.6 Å². The van der Waals surface area contributed by atoms with Crippen molar-refractivity contribution < 1.29 is 22.7 Å². The number of fused-ring (bicyclic) bond motifs is 3. The zero-order valence-corrected chi connectivity index (χ0v) is 14.8. The highest BCUT2D eigenvalue weighted by Crippen LogP contribution is 2.38. The molecule has 0 aliphatic carbocycles. The van der Waals surface area contributed by atoms with Crippen LogP contribution in [0.15, 0.2) is 28.7 Å². The molecule has 1 aromatic heterocycles. The van der Waals surface area contributed by atoms with Gasteiger partial charge in [-0.05, 0) is 36.6 Å². The largest absolute Gasteiger partial charge is 0.490 e. The van der Waals surface area contributed by atoms with Crippen molar-refractivity contribution >= 4 is 21.9 Å². The second kappa shape index (κ2) is 7.23. The summed E-state index contributed by atoms with van der Waals surface area (Å²) in [6, 6.07) is 6.89. The molecule has 26 heavy (non-hydrogen) atoms. The van der Waals surface area contributed by atoms with Gasteiger partial charge in [-0.2, -0.15) is 4.39 Å². The van der Waals surface area contributed by atoms with Crippen molar-refractivity contribution in [3.05, 3.63) is 41.5 Å². The van der Waals surface area contributed by atoms with E-state index in [9.17, 15) is 8.78 Å². The monoisotopic (exact) mass is 360 g/mol. The summed E-state index contributed by atoms with van der Waals surface area (Å²) < 4.78 is 46.3. The predicted octanol–water partition coefficient (Wildman–Crippen LogP) is 5.94. The van der Waals surface area contributed by atoms with Gasteiger partial charge in [0.2, 0.25) is 5.82 Å². The first-order chi connectivity index (χ1) is 12.7. The molecule has 1 atom stereocenters. The van der Waals surface area contributed by atoms with Crippen LogP contribution in [0.3, 0.4) is 0 Å². The molecular weight excluding hydrogens is 338 g/mol. The lowest BCUT2D eigenvalue weighted by Crippen LogP contribution is -2.00. The van der Waals surface area contributed by atoms with Crippen molar-refractivity contribution in [3.63, 3.8) is 0 Å². The van der Waals surface area contributed by atoms with E-state index < -0.39 is 11.6 Å². The molecule has 2 heterocycles. The molecule has 0 N–H and O–H groups in total. The maximum atomic E-state index is 15.0. The van der Waals surface area contributed by atoms with Crippen molar-refractivity contribution in [2.75, 3.05) is 19.8 Å². The van der Waals surface area contributed by atoms with Crippen LogP contribution < -0.4 is 4.74 Å². The van der Waals surface area contributed by atoms with Crippen molar-refractivity contribution in [1.82, 2.24) is 0 Å². The van der Waals surface area contributed by atoms with Gasteiger partial charge in [0, 0.05) is 23.3 Å². The minimum Gasteiger partial charge on any atom is -0.490 e. The molecule has 0 radical (unpaired) electrons. The second-order valence-electron chi connectivity index (χ2n) is 6.82. The van der Waals surface area contributed by atoms with Crippen LogP contribution in [0.25, 0.3) is 21.9 Å². The number of benzene rings is 2. The van der Waals surface area contributed by atoms with Crippen LogP contribution in [0.5, 0.6) is 5.75 Å². The Bertz CT molecular complexity index is 926. The van der Waals surface area contributed by atoms with Crippen molar-refractivity contribution in [1.29, 1.82) is 0 Å². The van der Waals surface area contributed by atoms with Crippen molar-refractivity contribution in [3.8, 4) is 5.75 Å². The maximum absolute atomic E-state index is 15.0. The zero-order chi connectivity index (χ0) is 18.1. The summed E-state index contributed by atoms with van der Waals surface area (Å²) in [5.41, 5.74) is 0.726. The van der Waals surface area contributed by atoms with Gasteiger partial charge >= 0.3 is 0 Å². The van der Waals surface area contributed by atoms with Crippen molar-refractivity contribution in [2.45, 2.75) is 38.5 Å². The molecule has 2 aromatic carbocycles. The fourth-order valence-corrected chi connectivity index (χ4v) is 3.58. The Morgan fingerprint density at radius 3 is 2.54 bits per heavy atom. The molecule has 1 aliphatic heterocycles. The smallest absolute Gasteiger partial charge is 0.208 e. The summed E-state index contributed by atoms with van der Waals surface area (Å²) in [6.45, 7) is 3.70. The lowest BCUT2D eigenvalue weighted by molar-refractivity contribution is 0.193. The predicted molar refractivity (Wildman–Crippen MR) is 96.8 cm³/mol. The van der Waals surface area contributed by atoms with E-state index in [-0.39, 0.29) is 22.8 Å². The highest BCUT2D eigenvalue weighted by Gasteiger charge is 2.25. The van der Waals surface area contributed by atoms with Gasteiger partial charge in [0.15, 0.2) is 22.7 Å². The standard InChI is InChI=1S/C21H22F2O3/c1-2-3-4-10-25-17-8-7-16-15-6-5-14(13-9-11-24-12-13)18(22)20(15)26-21(16)19(17)23/h5-8,13H,2-4,9-12H2,1H3. The summed E-state index contributed by atoms with van der Waals surface area (Å²) in [4.78, 5) is 0. The molecular formula is C21H22F2O3. The number of halogens is 2. The zero-order valence-electron chi connectivity index (χ0n) is 14.8. The molecule has 0 amide bonds. The first-order valence-corrected chi connectivity index (χ1v) is 9.24. The number of hydrogen-bond donors (Lipinski definition) is 0. The van der Waals surface area contributed by atoms with Crippen LogP contribution >= 0.6 is 0 Å². The molecule has 1 saturated heterocycles. The van der Waals surface area contributed by atoms with Crippen molar-refractivity contribution in [2.24, 2.45) is 0 Å². The molecule has 0 spiro atoms. The second-order valence-corrected chi connectivity index (χ2v) is 6.82. The number of furan rings is 1. The van der Waals surface area contributed by atoms with E-state index in [0.29, 0.717) is 36.2 Å². The Hall–Kier alpha value is -2.14. The average Bonchev–Trinajstić information content (AvgIpc) is 3.29. The topological polar surface area (TPSA) is 31.6 Å². The van der Waals surface area contributed by atoms with Crippen LogP contribution in [-0.4, -0.2) is 19.8 Å². The SMILES string of the molecule is CCCCCOc1ccc2c(oc3c(F)c(C4CCOC4)ccc32)c1F. The van der Waals surface area contributed by atoms with Gasteiger partial charge in [-0.1, -0.05) is 25.8 Å². The third-order valence-corrected chi connectivity index (χ3v) is 5.06. The van der Waals surface area contributed by atoms with Crippen LogP contribution in [0.2, 0.25) is 0 Å². The van der Waals surface area contributed by atoms with Gasteiger partial charge in [0.1, 0.15) is 0 Å². The first-order valence-electron chi connectivity index (χ1n) is 9.24. The third-order valence-electron chi connectivity index (χ3n) is 5.06. The van der Waals surface area contributed by atoms with Gasteiger partial charge in [-0.15, -0.1) is 0 Å². The van der Waals surface area contributed by atoms with Crippen LogP contribution in [0.1, 0.15) is 44.1 Å². The minimum atomic E-state index is -0.569. The van der Waals surface area contributed by atoms with E-state index in [1.54, 1.807) is 24.3 Å². The van der Waals surface area contributed by atoms with E-state index >= 15 is 0 Å². The summed E-state index contributed by atoms with van der Waals surface area (Å²) >= 11 is 0. The van der Waals surface area contributed by atoms with E-state index in [4.69, 9.17) is 13.9 Å². The quantitative estimate of drug-likeness (QED) is 0.510. The van der Waals surface area contributed by atoms with Gasteiger partial charge in [-0.25, -0.2) is 4.39 Å². The Labute approximate surface area is 150 Å². The van der Waals surface area contributed by atoms with Crippen LogP contribution in [0.4, 0.5) is 8.78 Å². The Kier molecular flexibility index (Phi) is 4.81. The molecule has 138 valence electrons. The highest BCUT2D eigenvalue weighted by atomic mass is 19.1. The fourth-order valence-electron chi connectivity index (χ4n) is 3.58. The van der Waals surface area contributed by atoms with Gasteiger partial charge in [-0.3, -0.25) is 0 Å². The normalized spacial score (nSPS) is 17.4. The molecule has 4 rings (SSSR count). The molecule has 0 bridgehead atoms. The molecule has 1 unspecified atom stereocenters.